The van der Waals surface area contributed by atoms with Crippen LogP contribution in [0.5, 0.6) is 0 Å². The minimum atomic E-state index is -0.269. The summed E-state index contributed by atoms with van der Waals surface area (Å²) in [6, 6.07) is 0. The second-order valence-corrected chi connectivity index (χ2v) is 12.4. The molecule has 8 rings (SSSR count). The first kappa shape index (κ1) is 14.2. The SMILES string of the molecule is CC12CC3CC(C)(C1)CC(C14CC5CC(CC(O)(C5)C1)C4)(C3)C2. The van der Waals surface area contributed by atoms with Gasteiger partial charge in [0.2, 0.25) is 0 Å². The molecule has 0 aliphatic heterocycles. The Bertz CT molecular complexity index is 545. The predicted octanol–water partition coefficient (Wildman–Crippen LogP) is 5.31. The minimum Gasteiger partial charge on any atom is -0.390 e. The van der Waals surface area contributed by atoms with Crippen LogP contribution in [0.15, 0.2) is 0 Å². The number of aliphatic hydroxyl groups is 1. The third-order valence-electron chi connectivity index (χ3n) is 9.78. The summed E-state index contributed by atoms with van der Waals surface area (Å²) in [5, 5.41) is 11.3. The topological polar surface area (TPSA) is 20.2 Å². The van der Waals surface area contributed by atoms with Gasteiger partial charge in [-0.25, -0.2) is 0 Å². The summed E-state index contributed by atoms with van der Waals surface area (Å²) in [4.78, 5) is 0. The molecule has 0 heterocycles. The summed E-state index contributed by atoms with van der Waals surface area (Å²) < 4.78 is 0. The van der Waals surface area contributed by atoms with Crippen LogP contribution in [0.25, 0.3) is 0 Å². The maximum Gasteiger partial charge on any atom is 0.0658 e. The van der Waals surface area contributed by atoms with E-state index in [-0.39, 0.29) is 5.60 Å². The van der Waals surface area contributed by atoms with Gasteiger partial charge in [-0.1, -0.05) is 13.8 Å². The van der Waals surface area contributed by atoms with Crippen LogP contribution >= 0.6 is 0 Å². The van der Waals surface area contributed by atoms with Crippen molar-refractivity contribution in [3.8, 4) is 0 Å². The second kappa shape index (κ2) is 3.71. The van der Waals surface area contributed by atoms with E-state index in [1.807, 2.05) is 0 Å². The molecule has 1 N–H and O–H groups in total. The van der Waals surface area contributed by atoms with Crippen molar-refractivity contribution in [3.05, 3.63) is 0 Å². The average Bonchev–Trinajstić information content (AvgIpc) is 2.30. The molecule has 4 atom stereocenters. The molecule has 0 aromatic heterocycles. The van der Waals surface area contributed by atoms with Crippen LogP contribution in [0, 0.1) is 39.4 Å². The maximum atomic E-state index is 11.3. The zero-order valence-electron chi connectivity index (χ0n) is 15.2. The summed E-state index contributed by atoms with van der Waals surface area (Å²) in [6.07, 6.45) is 16.9. The van der Waals surface area contributed by atoms with E-state index in [4.69, 9.17) is 0 Å². The van der Waals surface area contributed by atoms with Gasteiger partial charge in [-0.2, -0.15) is 0 Å². The van der Waals surface area contributed by atoms with Crippen molar-refractivity contribution in [1.29, 1.82) is 0 Å². The lowest BCUT2D eigenvalue weighted by Crippen LogP contribution is -2.67. The van der Waals surface area contributed by atoms with Crippen LogP contribution in [0.1, 0.15) is 90.9 Å². The number of hydrogen-bond acceptors (Lipinski definition) is 1. The Labute approximate surface area is 141 Å². The molecular formula is C22H34O. The number of hydrogen-bond donors (Lipinski definition) is 1. The van der Waals surface area contributed by atoms with Crippen LogP contribution in [-0.4, -0.2) is 10.7 Å². The normalized spacial score (nSPS) is 68.7. The first-order valence-electron chi connectivity index (χ1n) is 10.5. The molecule has 8 saturated carbocycles. The van der Waals surface area contributed by atoms with E-state index < -0.39 is 0 Å². The highest BCUT2D eigenvalue weighted by atomic mass is 16.3. The molecule has 0 aromatic carbocycles. The van der Waals surface area contributed by atoms with E-state index in [0.29, 0.717) is 21.7 Å². The molecule has 0 spiro atoms. The van der Waals surface area contributed by atoms with Crippen molar-refractivity contribution in [2.75, 3.05) is 0 Å². The van der Waals surface area contributed by atoms with Crippen LogP contribution < -0.4 is 0 Å². The Balaban J connectivity index is 1.48. The van der Waals surface area contributed by atoms with Crippen molar-refractivity contribution in [3.63, 3.8) is 0 Å². The zero-order chi connectivity index (χ0) is 15.7. The van der Waals surface area contributed by atoms with Gasteiger partial charge < -0.3 is 5.11 Å². The Morgan fingerprint density at radius 2 is 1.17 bits per heavy atom. The first-order chi connectivity index (χ1) is 10.7. The Morgan fingerprint density at radius 1 is 0.609 bits per heavy atom. The minimum absolute atomic E-state index is 0.269. The molecule has 1 nitrogen and oxygen atoms in total. The third kappa shape index (κ3) is 1.69. The van der Waals surface area contributed by atoms with Crippen LogP contribution in [0.3, 0.4) is 0 Å². The molecule has 0 aromatic rings. The lowest BCUT2D eigenvalue weighted by Gasteiger charge is -2.75. The molecule has 0 amide bonds. The van der Waals surface area contributed by atoms with Gasteiger partial charge in [0.05, 0.1) is 5.60 Å². The van der Waals surface area contributed by atoms with Crippen molar-refractivity contribution in [2.45, 2.75) is 96.5 Å². The predicted molar refractivity (Wildman–Crippen MR) is 91.9 cm³/mol. The molecule has 8 bridgehead atoms. The monoisotopic (exact) mass is 314 g/mol. The van der Waals surface area contributed by atoms with E-state index >= 15 is 0 Å². The van der Waals surface area contributed by atoms with Gasteiger partial charge in [-0.15, -0.1) is 0 Å². The highest BCUT2D eigenvalue weighted by molar-refractivity contribution is 5.20. The maximum absolute atomic E-state index is 11.3. The molecular weight excluding hydrogens is 280 g/mol. The molecule has 1 heteroatoms. The summed E-state index contributed by atoms with van der Waals surface area (Å²) in [5.41, 5.74) is 2.10. The van der Waals surface area contributed by atoms with E-state index in [1.54, 1.807) is 0 Å². The van der Waals surface area contributed by atoms with E-state index in [2.05, 4.69) is 13.8 Å². The average molecular weight is 315 g/mol. The lowest BCUT2D eigenvalue weighted by molar-refractivity contribution is -0.265. The molecule has 128 valence electrons. The Morgan fingerprint density at radius 3 is 1.70 bits per heavy atom. The van der Waals surface area contributed by atoms with Crippen molar-refractivity contribution >= 4 is 0 Å². The molecule has 4 unspecified atom stereocenters. The third-order valence-corrected chi connectivity index (χ3v) is 9.78. The Kier molecular flexibility index (Phi) is 2.29. The lowest BCUT2D eigenvalue weighted by atomic mass is 9.31. The van der Waals surface area contributed by atoms with Crippen molar-refractivity contribution < 1.29 is 5.11 Å². The summed E-state index contributed by atoms with van der Waals surface area (Å²) in [7, 11) is 0. The molecule has 8 aliphatic carbocycles. The summed E-state index contributed by atoms with van der Waals surface area (Å²) >= 11 is 0. The number of rotatable bonds is 1. The molecule has 23 heavy (non-hydrogen) atoms. The molecule has 0 radical (unpaired) electrons. The fourth-order valence-corrected chi connectivity index (χ4v) is 10.9. The van der Waals surface area contributed by atoms with Gasteiger partial charge in [-0.05, 0) is 116 Å². The van der Waals surface area contributed by atoms with Crippen molar-refractivity contribution in [1.82, 2.24) is 0 Å². The standard InChI is InChI=1S/C22H34O/c1-18-4-17-5-19(2,11-18)13-21(8-17,12-18)20-6-15-3-16(7-20)10-22(23,9-15)14-20/h15-17,23H,3-14H2,1-2H3. The highest BCUT2D eigenvalue weighted by Gasteiger charge is 2.70. The fourth-order valence-electron chi connectivity index (χ4n) is 10.9. The van der Waals surface area contributed by atoms with E-state index in [9.17, 15) is 5.11 Å². The Hall–Kier alpha value is -0.0400. The van der Waals surface area contributed by atoms with E-state index in [1.165, 1.54) is 64.2 Å². The van der Waals surface area contributed by atoms with Crippen LogP contribution in [0.2, 0.25) is 0 Å². The van der Waals surface area contributed by atoms with Gasteiger partial charge in [0.1, 0.15) is 0 Å². The van der Waals surface area contributed by atoms with Gasteiger partial charge in [-0.3, -0.25) is 0 Å². The summed E-state index contributed by atoms with van der Waals surface area (Å²) in [6.45, 7) is 5.25. The quantitative estimate of drug-likeness (QED) is 0.695. The van der Waals surface area contributed by atoms with Crippen LogP contribution in [0.4, 0.5) is 0 Å². The highest BCUT2D eigenvalue weighted by Crippen LogP contribution is 2.79. The molecule has 8 fully saturated rings. The smallest absolute Gasteiger partial charge is 0.0658 e. The first-order valence-corrected chi connectivity index (χ1v) is 10.5. The fraction of sp³-hybridized carbons (Fsp3) is 1.00. The van der Waals surface area contributed by atoms with E-state index in [0.717, 1.165) is 30.6 Å². The van der Waals surface area contributed by atoms with Crippen molar-refractivity contribution in [2.24, 2.45) is 39.4 Å². The zero-order valence-corrected chi connectivity index (χ0v) is 15.2. The second-order valence-electron chi connectivity index (χ2n) is 12.4. The van der Waals surface area contributed by atoms with Gasteiger partial charge in [0, 0.05) is 0 Å². The van der Waals surface area contributed by atoms with Gasteiger partial charge in [0.25, 0.3) is 0 Å². The van der Waals surface area contributed by atoms with Crippen LogP contribution in [-0.2, 0) is 0 Å². The van der Waals surface area contributed by atoms with Gasteiger partial charge in [0.15, 0.2) is 0 Å². The largest absolute Gasteiger partial charge is 0.390 e. The molecule has 0 saturated heterocycles. The van der Waals surface area contributed by atoms with Gasteiger partial charge >= 0.3 is 0 Å². The summed E-state index contributed by atoms with van der Waals surface area (Å²) in [5.74, 6) is 2.72. The molecule has 8 aliphatic rings.